The highest BCUT2D eigenvalue weighted by Crippen LogP contribution is 2.22. The van der Waals surface area contributed by atoms with Gasteiger partial charge in [0.15, 0.2) is 0 Å². The lowest BCUT2D eigenvalue weighted by Gasteiger charge is -1.99. The van der Waals surface area contributed by atoms with Crippen LogP contribution in [-0.4, -0.2) is 9.97 Å². The first-order valence-electron chi connectivity index (χ1n) is 6.88. The van der Waals surface area contributed by atoms with Gasteiger partial charge in [-0.2, -0.15) is 0 Å². The van der Waals surface area contributed by atoms with Crippen molar-refractivity contribution >= 4 is 40.5 Å². The highest BCUT2D eigenvalue weighted by atomic mass is 35.5. The van der Waals surface area contributed by atoms with E-state index in [0.29, 0.717) is 10.7 Å². The Balaban J connectivity index is 1.98. The smallest absolute Gasteiger partial charge is 0.131 e. The summed E-state index contributed by atoms with van der Waals surface area (Å²) in [5.41, 5.74) is 10.7. The van der Waals surface area contributed by atoms with Gasteiger partial charge in [0.1, 0.15) is 5.82 Å². The maximum Gasteiger partial charge on any atom is 0.131 e. The molecular weight excluding hydrogens is 282 g/mol. The van der Waals surface area contributed by atoms with Crippen LogP contribution in [0.4, 0.5) is 5.69 Å². The average Bonchev–Trinajstić information content (AvgIpc) is 2.91. The zero-order valence-corrected chi connectivity index (χ0v) is 12.5. The van der Waals surface area contributed by atoms with Crippen LogP contribution in [0.2, 0.25) is 5.02 Å². The zero-order valence-electron chi connectivity index (χ0n) is 11.7. The van der Waals surface area contributed by atoms with Gasteiger partial charge in [0.05, 0.1) is 11.0 Å². The molecule has 4 heteroatoms. The third-order valence-corrected chi connectivity index (χ3v) is 3.78. The Morgan fingerprint density at radius 3 is 2.90 bits per heavy atom. The molecule has 0 unspecified atom stereocenters. The number of nitrogens with one attached hydrogen (secondary N) is 1. The summed E-state index contributed by atoms with van der Waals surface area (Å²) in [6.07, 6.45) is 4.80. The van der Waals surface area contributed by atoms with Gasteiger partial charge in [-0.3, -0.25) is 0 Å². The molecule has 0 aliphatic carbocycles. The number of halogens is 1. The standard InChI is InChI=1S/C17H16ClN3/c1-2-11-4-3-5-15-17(11)21-16(20-15)9-6-12-10-13(19)7-8-14(12)18/h3-10H,2,19H2,1H3,(H,20,21). The van der Waals surface area contributed by atoms with Crippen molar-refractivity contribution in [3.8, 4) is 0 Å². The summed E-state index contributed by atoms with van der Waals surface area (Å²) in [4.78, 5) is 7.94. The molecule has 0 fully saturated rings. The van der Waals surface area contributed by atoms with E-state index in [1.807, 2.05) is 30.4 Å². The molecule has 0 bridgehead atoms. The van der Waals surface area contributed by atoms with E-state index in [1.165, 1.54) is 5.56 Å². The van der Waals surface area contributed by atoms with Crippen molar-refractivity contribution in [3.05, 3.63) is 58.4 Å². The Bertz CT molecular complexity index is 818. The lowest BCUT2D eigenvalue weighted by atomic mass is 10.1. The van der Waals surface area contributed by atoms with E-state index in [4.69, 9.17) is 17.3 Å². The minimum atomic E-state index is 0.672. The van der Waals surface area contributed by atoms with Crippen LogP contribution in [0.15, 0.2) is 36.4 Å². The number of hydrogen-bond acceptors (Lipinski definition) is 2. The Morgan fingerprint density at radius 2 is 2.10 bits per heavy atom. The van der Waals surface area contributed by atoms with Crippen LogP contribution < -0.4 is 5.73 Å². The Kier molecular flexibility index (Phi) is 3.67. The summed E-state index contributed by atoms with van der Waals surface area (Å²) in [5.74, 6) is 0.810. The number of hydrogen-bond donors (Lipinski definition) is 2. The van der Waals surface area contributed by atoms with Gasteiger partial charge >= 0.3 is 0 Å². The molecule has 0 radical (unpaired) electrons. The van der Waals surface area contributed by atoms with Crippen LogP contribution in [0, 0.1) is 0 Å². The zero-order chi connectivity index (χ0) is 14.8. The fourth-order valence-electron chi connectivity index (χ4n) is 2.33. The van der Waals surface area contributed by atoms with Gasteiger partial charge in [0.25, 0.3) is 0 Å². The van der Waals surface area contributed by atoms with E-state index >= 15 is 0 Å². The quantitative estimate of drug-likeness (QED) is 0.698. The predicted molar refractivity (Wildman–Crippen MR) is 90.3 cm³/mol. The molecule has 1 aromatic heterocycles. The minimum absolute atomic E-state index is 0.672. The number of nitrogen functional groups attached to an aromatic ring is 1. The monoisotopic (exact) mass is 297 g/mol. The van der Waals surface area contributed by atoms with E-state index in [0.717, 1.165) is 28.8 Å². The van der Waals surface area contributed by atoms with E-state index < -0.39 is 0 Å². The number of nitrogens with two attached hydrogens (primary N) is 1. The van der Waals surface area contributed by atoms with E-state index in [1.54, 1.807) is 12.1 Å². The van der Waals surface area contributed by atoms with Crippen LogP contribution in [0.3, 0.4) is 0 Å². The summed E-state index contributed by atoms with van der Waals surface area (Å²) in [5, 5.41) is 0.672. The third-order valence-electron chi connectivity index (χ3n) is 3.44. The number of benzene rings is 2. The first kappa shape index (κ1) is 13.7. The van der Waals surface area contributed by atoms with Crippen molar-refractivity contribution in [1.82, 2.24) is 9.97 Å². The van der Waals surface area contributed by atoms with Crippen LogP contribution >= 0.6 is 11.6 Å². The maximum absolute atomic E-state index is 6.15. The van der Waals surface area contributed by atoms with Gasteiger partial charge in [-0.25, -0.2) is 4.98 Å². The first-order valence-corrected chi connectivity index (χ1v) is 7.26. The fraction of sp³-hybridized carbons (Fsp3) is 0.118. The molecule has 0 atom stereocenters. The molecule has 3 aromatic rings. The molecular formula is C17H16ClN3. The molecule has 106 valence electrons. The number of aromatic nitrogens is 2. The van der Waals surface area contributed by atoms with Crippen LogP contribution in [0.5, 0.6) is 0 Å². The second-order valence-corrected chi connectivity index (χ2v) is 5.31. The SMILES string of the molecule is CCc1cccc2[nH]c(C=Cc3cc(N)ccc3Cl)nc12. The highest BCUT2D eigenvalue weighted by Gasteiger charge is 2.04. The maximum atomic E-state index is 6.15. The lowest BCUT2D eigenvalue weighted by Crippen LogP contribution is -1.85. The van der Waals surface area contributed by atoms with Crippen molar-refractivity contribution in [1.29, 1.82) is 0 Å². The van der Waals surface area contributed by atoms with Crippen molar-refractivity contribution in [2.45, 2.75) is 13.3 Å². The minimum Gasteiger partial charge on any atom is -0.399 e. The van der Waals surface area contributed by atoms with Crippen LogP contribution in [-0.2, 0) is 6.42 Å². The van der Waals surface area contributed by atoms with Crippen molar-refractivity contribution < 1.29 is 0 Å². The average molecular weight is 298 g/mol. The molecule has 21 heavy (non-hydrogen) atoms. The highest BCUT2D eigenvalue weighted by molar-refractivity contribution is 6.32. The summed E-state index contributed by atoms with van der Waals surface area (Å²) < 4.78 is 0. The topological polar surface area (TPSA) is 54.7 Å². The second kappa shape index (κ2) is 5.62. The molecule has 0 saturated carbocycles. The molecule has 0 aliphatic rings. The second-order valence-electron chi connectivity index (χ2n) is 4.90. The number of rotatable bonds is 3. The Labute approximate surface area is 128 Å². The number of fused-ring (bicyclic) bond motifs is 1. The summed E-state index contributed by atoms with van der Waals surface area (Å²) in [6.45, 7) is 2.13. The van der Waals surface area contributed by atoms with E-state index in [2.05, 4.69) is 23.0 Å². The van der Waals surface area contributed by atoms with Crippen molar-refractivity contribution in [2.75, 3.05) is 5.73 Å². The number of imidazole rings is 1. The molecule has 3 nitrogen and oxygen atoms in total. The molecule has 3 N–H and O–H groups in total. The van der Waals surface area contributed by atoms with Gasteiger partial charge in [0, 0.05) is 10.7 Å². The Morgan fingerprint density at radius 1 is 1.24 bits per heavy atom. The first-order chi connectivity index (χ1) is 10.2. The van der Waals surface area contributed by atoms with Crippen LogP contribution in [0.1, 0.15) is 23.9 Å². The van der Waals surface area contributed by atoms with E-state index in [9.17, 15) is 0 Å². The van der Waals surface area contributed by atoms with Crippen molar-refractivity contribution in [2.24, 2.45) is 0 Å². The largest absolute Gasteiger partial charge is 0.399 e. The molecule has 3 rings (SSSR count). The van der Waals surface area contributed by atoms with Crippen LogP contribution in [0.25, 0.3) is 23.2 Å². The van der Waals surface area contributed by atoms with Gasteiger partial charge < -0.3 is 10.7 Å². The number of H-pyrrole nitrogens is 1. The summed E-state index contributed by atoms with van der Waals surface area (Å²) >= 11 is 6.15. The number of aryl methyl sites for hydroxylation is 1. The lowest BCUT2D eigenvalue weighted by molar-refractivity contribution is 1.15. The number of para-hydroxylation sites is 1. The fourth-order valence-corrected chi connectivity index (χ4v) is 2.51. The molecule has 2 aromatic carbocycles. The molecule has 0 saturated heterocycles. The summed E-state index contributed by atoms with van der Waals surface area (Å²) in [7, 11) is 0. The number of anilines is 1. The normalized spacial score (nSPS) is 11.5. The molecule has 0 aliphatic heterocycles. The molecule has 0 amide bonds. The molecule has 0 spiro atoms. The van der Waals surface area contributed by atoms with E-state index in [-0.39, 0.29) is 0 Å². The van der Waals surface area contributed by atoms with Gasteiger partial charge in [-0.1, -0.05) is 30.7 Å². The molecule has 1 heterocycles. The van der Waals surface area contributed by atoms with Gasteiger partial charge in [-0.15, -0.1) is 0 Å². The third kappa shape index (κ3) is 2.78. The van der Waals surface area contributed by atoms with Gasteiger partial charge in [-0.05, 0) is 54.0 Å². The summed E-state index contributed by atoms with van der Waals surface area (Å²) in [6, 6.07) is 11.6. The van der Waals surface area contributed by atoms with Gasteiger partial charge in [0.2, 0.25) is 0 Å². The predicted octanol–water partition coefficient (Wildman–Crippen LogP) is 4.53. The van der Waals surface area contributed by atoms with Crippen molar-refractivity contribution in [3.63, 3.8) is 0 Å². The number of nitrogens with zero attached hydrogens (tertiary/aromatic N) is 1. The Hall–Kier alpha value is -2.26. The number of aromatic amines is 1.